The number of carbonyl (C=O) groups excluding carboxylic acids is 2. The standard InChI is InChI=1S/C21H21N3O3/c25-20(19-6-5-16-3-1-2-4-18(16)23-19)22-13-15-7-10-24(11-8-15)21(26)17-9-12-27-14-17/h1-6,9,12,14-15H,7-8,10-11,13H2,(H,22,25). The summed E-state index contributed by atoms with van der Waals surface area (Å²) in [7, 11) is 0. The molecule has 6 nitrogen and oxygen atoms in total. The largest absolute Gasteiger partial charge is 0.472 e. The topological polar surface area (TPSA) is 75.4 Å². The second-order valence-electron chi connectivity index (χ2n) is 6.85. The van der Waals surface area contributed by atoms with Crippen LogP contribution in [0.25, 0.3) is 10.9 Å². The monoisotopic (exact) mass is 363 g/mol. The van der Waals surface area contributed by atoms with Crippen molar-refractivity contribution in [2.75, 3.05) is 19.6 Å². The van der Waals surface area contributed by atoms with Gasteiger partial charge in [0, 0.05) is 25.0 Å². The molecule has 1 N–H and O–H groups in total. The lowest BCUT2D eigenvalue weighted by molar-refractivity contribution is 0.0683. The Morgan fingerprint density at radius 1 is 1.11 bits per heavy atom. The number of fused-ring (bicyclic) bond motifs is 1. The summed E-state index contributed by atoms with van der Waals surface area (Å²) in [4.78, 5) is 31.0. The molecular formula is C21H21N3O3. The van der Waals surface area contributed by atoms with Crippen molar-refractivity contribution < 1.29 is 14.0 Å². The number of pyridine rings is 1. The summed E-state index contributed by atoms with van der Waals surface area (Å²) < 4.78 is 4.98. The van der Waals surface area contributed by atoms with E-state index in [1.165, 1.54) is 12.5 Å². The second-order valence-corrected chi connectivity index (χ2v) is 6.85. The highest BCUT2D eigenvalue weighted by molar-refractivity contribution is 5.95. The SMILES string of the molecule is O=C(NCC1CCN(C(=O)c2ccoc2)CC1)c1ccc2ccccc2n1. The molecule has 1 aliphatic rings. The van der Waals surface area contributed by atoms with Crippen LogP contribution in [0.15, 0.2) is 59.4 Å². The van der Waals surface area contributed by atoms with Crippen LogP contribution < -0.4 is 5.32 Å². The van der Waals surface area contributed by atoms with Gasteiger partial charge in [-0.25, -0.2) is 4.98 Å². The highest BCUT2D eigenvalue weighted by Crippen LogP contribution is 2.19. The van der Waals surface area contributed by atoms with Crippen LogP contribution in [0.5, 0.6) is 0 Å². The summed E-state index contributed by atoms with van der Waals surface area (Å²) in [6.07, 6.45) is 4.73. The van der Waals surface area contributed by atoms with Crippen molar-refractivity contribution in [3.8, 4) is 0 Å². The van der Waals surface area contributed by atoms with E-state index in [9.17, 15) is 9.59 Å². The van der Waals surface area contributed by atoms with Crippen molar-refractivity contribution in [1.82, 2.24) is 15.2 Å². The summed E-state index contributed by atoms with van der Waals surface area (Å²) >= 11 is 0. The molecule has 27 heavy (non-hydrogen) atoms. The lowest BCUT2D eigenvalue weighted by atomic mass is 9.96. The van der Waals surface area contributed by atoms with Gasteiger partial charge in [0.2, 0.25) is 0 Å². The minimum atomic E-state index is -0.155. The summed E-state index contributed by atoms with van der Waals surface area (Å²) in [5, 5.41) is 4.00. The maximum atomic E-state index is 12.4. The number of rotatable bonds is 4. The molecule has 0 unspecified atom stereocenters. The molecule has 6 heteroatoms. The van der Waals surface area contributed by atoms with E-state index < -0.39 is 0 Å². The predicted molar refractivity (Wildman–Crippen MR) is 101 cm³/mol. The number of likely N-dealkylation sites (tertiary alicyclic amines) is 1. The quantitative estimate of drug-likeness (QED) is 0.773. The molecule has 0 spiro atoms. The van der Waals surface area contributed by atoms with Crippen LogP contribution in [0.3, 0.4) is 0 Å². The van der Waals surface area contributed by atoms with Gasteiger partial charge < -0.3 is 14.6 Å². The van der Waals surface area contributed by atoms with Crippen molar-refractivity contribution >= 4 is 22.7 Å². The van der Waals surface area contributed by atoms with E-state index in [4.69, 9.17) is 4.42 Å². The normalized spacial score (nSPS) is 15.0. The number of furan rings is 1. The van der Waals surface area contributed by atoms with E-state index in [1.807, 2.05) is 35.2 Å². The minimum Gasteiger partial charge on any atom is -0.472 e. The maximum absolute atomic E-state index is 12.4. The summed E-state index contributed by atoms with van der Waals surface area (Å²) in [5.74, 6) is 0.215. The van der Waals surface area contributed by atoms with E-state index in [0.717, 1.165) is 23.7 Å². The van der Waals surface area contributed by atoms with Gasteiger partial charge in [0.1, 0.15) is 12.0 Å². The molecule has 1 aliphatic heterocycles. The first-order valence-electron chi connectivity index (χ1n) is 9.16. The number of hydrogen-bond acceptors (Lipinski definition) is 4. The van der Waals surface area contributed by atoms with Crippen LogP contribution in [0.2, 0.25) is 0 Å². The average molecular weight is 363 g/mol. The van der Waals surface area contributed by atoms with E-state index in [2.05, 4.69) is 10.3 Å². The zero-order valence-electron chi connectivity index (χ0n) is 14.9. The van der Waals surface area contributed by atoms with Crippen LogP contribution in [0.4, 0.5) is 0 Å². The van der Waals surface area contributed by atoms with Crippen molar-refractivity contribution in [1.29, 1.82) is 0 Å². The van der Waals surface area contributed by atoms with Gasteiger partial charge in [0.15, 0.2) is 0 Å². The van der Waals surface area contributed by atoms with Crippen molar-refractivity contribution in [2.45, 2.75) is 12.8 Å². The van der Waals surface area contributed by atoms with Gasteiger partial charge in [0.25, 0.3) is 11.8 Å². The molecule has 1 fully saturated rings. The highest BCUT2D eigenvalue weighted by atomic mass is 16.3. The van der Waals surface area contributed by atoms with Crippen molar-refractivity contribution in [3.63, 3.8) is 0 Å². The number of para-hydroxylation sites is 1. The van der Waals surface area contributed by atoms with Crippen LogP contribution >= 0.6 is 0 Å². The predicted octanol–water partition coefficient (Wildman–Crippen LogP) is 3.11. The van der Waals surface area contributed by atoms with Gasteiger partial charge in [-0.05, 0) is 37.0 Å². The molecule has 138 valence electrons. The van der Waals surface area contributed by atoms with E-state index in [0.29, 0.717) is 36.8 Å². The van der Waals surface area contributed by atoms with Crippen molar-refractivity contribution in [2.24, 2.45) is 5.92 Å². The first kappa shape index (κ1) is 17.3. The minimum absolute atomic E-state index is 0.00611. The fourth-order valence-corrected chi connectivity index (χ4v) is 3.43. The third-order valence-corrected chi connectivity index (χ3v) is 5.05. The Balaban J connectivity index is 1.29. The first-order chi connectivity index (χ1) is 13.2. The number of nitrogens with zero attached hydrogens (tertiary/aromatic N) is 2. The third kappa shape index (κ3) is 3.84. The molecule has 4 rings (SSSR count). The Morgan fingerprint density at radius 3 is 2.70 bits per heavy atom. The number of carbonyl (C=O) groups is 2. The molecular weight excluding hydrogens is 342 g/mol. The molecule has 0 radical (unpaired) electrons. The fraction of sp³-hybridized carbons (Fsp3) is 0.286. The summed E-state index contributed by atoms with van der Waals surface area (Å²) in [5.41, 5.74) is 1.83. The molecule has 3 aromatic rings. The summed E-state index contributed by atoms with van der Waals surface area (Å²) in [6.45, 7) is 1.98. The van der Waals surface area contributed by atoms with E-state index in [-0.39, 0.29) is 11.8 Å². The van der Waals surface area contributed by atoms with Gasteiger partial charge in [-0.3, -0.25) is 9.59 Å². The number of aromatic nitrogens is 1. The Kier molecular flexibility index (Phi) is 4.87. The molecule has 3 heterocycles. The number of piperidine rings is 1. The Bertz CT molecular complexity index is 944. The smallest absolute Gasteiger partial charge is 0.269 e. The molecule has 1 aromatic carbocycles. The van der Waals surface area contributed by atoms with Crippen LogP contribution in [-0.2, 0) is 0 Å². The summed E-state index contributed by atoms with van der Waals surface area (Å²) in [6, 6.07) is 13.1. The Labute approximate surface area is 157 Å². The molecule has 0 atom stereocenters. The first-order valence-corrected chi connectivity index (χ1v) is 9.16. The fourth-order valence-electron chi connectivity index (χ4n) is 3.43. The van der Waals surface area contributed by atoms with E-state index in [1.54, 1.807) is 12.1 Å². The lowest BCUT2D eigenvalue weighted by Crippen LogP contribution is -2.41. The van der Waals surface area contributed by atoms with Gasteiger partial charge in [-0.2, -0.15) is 0 Å². The molecule has 0 aliphatic carbocycles. The molecule has 1 saturated heterocycles. The molecule has 0 bridgehead atoms. The van der Waals surface area contributed by atoms with Crippen molar-refractivity contribution in [3.05, 3.63) is 66.2 Å². The Hall–Kier alpha value is -3.15. The molecule has 2 amide bonds. The molecule has 2 aromatic heterocycles. The zero-order valence-corrected chi connectivity index (χ0v) is 14.9. The number of benzene rings is 1. The lowest BCUT2D eigenvalue weighted by Gasteiger charge is -2.31. The average Bonchev–Trinajstić information content (AvgIpc) is 3.26. The van der Waals surface area contributed by atoms with E-state index >= 15 is 0 Å². The van der Waals surface area contributed by atoms with Crippen LogP contribution in [-0.4, -0.2) is 41.3 Å². The molecule has 0 saturated carbocycles. The number of nitrogens with one attached hydrogen (secondary N) is 1. The van der Waals surface area contributed by atoms with Gasteiger partial charge >= 0.3 is 0 Å². The third-order valence-electron chi connectivity index (χ3n) is 5.05. The Morgan fingerprint density at radius 2 is 1.93 bits per heavy atom. The maximum Gasteiger partial charge on any atom is 0.269 e. The second kappa shape index (κ2) is 7.61. The van der Waals surface area contributed by atoms with Gasteiger partial charge in [-0.1, -0.05) is 24.3 Å². The van der Waals surface area contributed by atoms with Gasteiger partial charge in [-0.15, -0.1) is 0 Å². The van der Waals surface area contributed by atoms with Crippen LogP contribution in [0, 0.1) is 5.92 Å². The number of amides is 2. The number of hydrogen-bond donors (Lipinski definition) is 1. The van der Waals surface area contributed by atoms with Gasteiger partial charge in [0.05, 0.1) is 17.3 Å². The highest BCUT2D eigenvalue weighted by Gasteiger charge is 2.24. The zero-order chi connectivity index (χ0) is 18.6. The van der Waals surface area contributed by atoms with Crippen LogP contribution in [0.1, 0.15) is 33.7 Å².